The number of hydrogen-bond donors (Lipinski definition) is 1. The quantitative estimate of drug-likeness (QED) is 0.552. The Hall–Kier alpha value is -3.91. The molecule has 2 heterocycles. The van der Waals surface area contributed by atoms with Gasteiger partial charge in [-0.15, -0.1) is 0 Å². The Labute approximate surface area is 205 Å². The summed E-state index contributed by atoms with van der Waals surface area (Å²) in [5.41, 5.74) is 2.24. The minimum Gasteiger partial charge on any atom is -0.497 e. The minimum atomic E-state index is -0.473. The predicted molar refractivity (Wildman–Crippen MR) is 133 cm³/mol. The Bertz CT molecular complexity index is 1130. The molecule has 0 saturated carbocycles. The van der Waals surface area contributed by atoms with Crippen molar-refractivity contribution in [1.82, 2.24) is 10.2 Å². The fraction of sp³-hybridized carbons (Fsp3) is 0.296. The summed E-state index contributed by atoms with van der Waals surface area (Å²) in [6, 6.07) is 23.2. The van der Waals surface area contributed by atoms with Gasteiger partial charge in [-0.2, -0.15) is 0 Å². The van der Waals surface area contributed by atoms with Crippen molar-refractivity contribution >= 4 is 11.8 Å². The molecule has 1 atom stereocenters. The van der Waals surface area contributed by atoms with Crippen LogP contribution in [-0.4, -0.2) is 57.6 Å². The molecule has 0 bridgehead atoms. The third kappa shape index (κ3) is 5.44. The number of nitrogens with one attached hydrogen (secondary N) is 1. The Morgan fingerprint density at radius 1 is 0.914 bits per heavy atom. The van der Waals surface area contributed by atoms with Crippen molar-refractivity contribution in [3.05, 3.63) is 78.4 Å². The first-order valence-corrected chi connectivity index (χ1v) is 11.7. The van der Waals surface area contributed by atoms with Crippen LogP contribution in [0.3, 0.4) is 0 Å². The Morgan fingerprint density at radius 2 is 1.66 bits per heavy atom. The molecule has 1 amide bonds. The van der Waals surface area contributed by atoms with Crippen molar-refractivity contribution in [2.75, 3.05) is 51.5 Å². The molecule has 35 heavy (non-hydrogen) atoms. The molecule has 3 aromatic rings. The minimum absolute atomic E-state index is 0.0363. The number of methoxy groups -OCH3 is 1. The van der Waals surface area contributed by atoms with Crippen LogP contribution in [0.2, 0.25) is 0 Å². The van der Waals surface area contributed by atoms with E-state index >= 15 is 0 Å². The van der Waals surface area contributed by atoms with Crippen molar-refractivity contribution in [3.8, 4) is 23.0 Å². The van der Waals surface area contributed by atoms with Crippen LogP contribution in [0.25, 0.3) is 0 Å². The summed E-state index contributed by atoms with van der Waals surface area (Å²) in [6.45, 7) is 4.09. The first-order chi connectivity index (χ1) is 17.2. The second-order valence-corrected chi connectivity index (χ2v) is 8.43. The molecule has 182 valence electrons. The first-order valence-electron chi connectivity index (χ1n) is 11.7. The van der Waals surface area contributed by atoms with Gasteiger partial charge in [0, 0.05) is 38.4 Å². The van der Waals surface area contributed by atoms with E-state index in [-0.39, 0.29) is 12.8 Å². The number of carbonyl (C=O) groups excluding carboxylic acids is 1. The molecule has 3 aromatic carbocycles. The fourth-order valence-corrected chi connectivity index (χ4v) is 4.47. The zero-order valence-corrected chi connectivity index (χ0v) is 19.7. The van der Waals surface area contributed by atoms with E-state index in [2.05, 4.69) is 27.2 Å². The lowest BCUT2D eigenvalue weighted by molar-refractivity contribution is 0.168. The van der Waals surface area contributed by atoms with E-state index in [9.17, 15) is 4.79 Å². The average Bonchev–Trinajstić information content (AvgIpc) is 3.38. The maximum atomic E-state index is 12.5. The van der Waals surface area contributed by atoms with E-state index < -0.39 is 6.09 Å². The zero-order valence-electron chi connectivity index (χ0n) is 19.7. The molecular formula is C27H29N3O5. The first kappa shape index (κ1) is 22.9. The van der Waals surface area contributed by atoms with E-state index in [1.54, 1.807) is 19.2 Å². The summed E-state index contributed by atoms with van der Waals surface area (Å²) in [6.07, 6.45) is -0.473. The number of hydrogen-bond acceptors (Lipinski definition) is 7. The normalized spacial score (nSPS) is 16.0. The topological polar surface area (TPSA) is 72.5 Å². The monoisotopic (exact) mass is 475 g/mol. The lowest BCUT2D eigenvalue weighted by atomic mass is 10.0. The molecule has 1 unspecified atom stereocenters. The van der Waals surface area contributed by atoms with Crippen LogP contribution in [0.1, 0.15) is 11.6 Å². The van der Waals surface area contributed by atoms with Gasteiger partial charge in [-0.05, 0) is 54.1 Å². The number of ether oxygens (including phenoxy) is 4. The smallest absolute Gasteiger partial charge is 0.412 e. The lowest BCUT2D eigenvalue weighted by Gasteiger charge is -2.40. The van der Waals surface area contributed by atoms with Crippen LogP contribution in [0.15, 0.2) is 72.8 Å². The highest BCUT2D eigenvalue weighted by Crippen LogP contribution is 2.36. The molecule has 0 aromatic heterocycles. The van der Waals surface area contributed by atoms with Crippen molar-refractivity contribution in [3.63, 3.8) is 0 Å². The summed E-state index contributed by atoms with van der Waals surface area (Å²) >= 11 is 0. The molecule has 1 N–H and O–H groups in total. The molecular weight excluding hydrogens is 446 g/mol. The van der Waals surface area contributed by atoms with E-state index in [0.717, 1.165) is 49.0 Å². The average molecular weight is 476 g/mol. The van der Waals surface area contributed by atoms with Gasteiger partial charge in [0.2, 0.25) is 6.79 Å². The van der Waals surface area contributed by atoms with Gasteiger partial charge in [0.1, 0.15) is 11.5 Å². The molecule has 1 saturated heterocycles. The van der Waals surface area contributed by atoms with E-state index in [1.807, 2.05) is 48.5 Å². The standard InChI is InChI=1S/C27H29N3O5/c1-32-22-10-8-21(9-11-22)29-13-15-30(16-14-29)24(20-7-12-25-26(17-20)34-19-33-25)18-28-27(31)35-23-5-3-2-4-6-23/h2-12,17,24H,13-16,18-19H2,1H3,(H,28,31). The largest absolute Gasteiger partial charge is 0.497 e. The Morgan fingerprint density at radius 3 is 2.40 bits per heavy atom. The van der Waals surface area contributed by atoms with Crippen LogP contribution in [0.4, 0.5) is 10.5 Å². The molecule has 0 spiro atoms. The van der Waals surface area contributed by atoms with E-state index in [0.29, 0.717) is 12.3 Å². The van der Waals surface area contributed by atoms with Crippen molar-refractivity contribution in [2.45, 2.75) is 6.04 Å². The van der Waals surface area contributed by atoms with Crippen LogP contribution < -0.4 is 29.2 Å². The number of fused-ring (bicyclic) bond motifs is 1. The van der Waals surface area contributed by atoms with E-state index in [1.165, 1.54) is 5.69 Å². The number of anilines is 1. The summed E-state index contributed by atoms with van der Waals surface area (Å²) in [5.74, 6) is 2.84. The second kappa shape index (κ2) is 10.6. The van der Waals surface area contributed by atoms with Gasteiger partial charge in [-0.25, -0.2) is 4.79 Å². The Balaban J connectivity index is 1.27. The van der Waals surface area contributed by atoms with Crippen molar-refractivity contribution in [1.29, 1.82) is 0 Å². The molecule has 5 rings (SSSR count). The van der Waals surface area contributed by atoms with Crippen LogP contribution in [0, 0.1) is 0 Å². The zero-order chi connectivity index (χ0) is 24.0. The molecule has 2 aliphatic heterocycles. The van der Waals surface area contributed by atoms with Crippen molar-refractivity contribution < 1.29 is 23.7 Å². The van der Waals surface area contributed by atoms with Gasteiger partial charge in [-0.1, -0.05) is 24.3 Å². The molecule has 8 heteroatoms. The number of piperazine rings is 1. The molecule has 2 aliphatic rings. The number of benzene rings is 3. The Kier molecular flexibility index (Phi) is 6.90. The maximum absolute atomic E-state index is 12.5. The molecule has 0 aliphatic carbocycles. The van der Waals surface area contributed by atoms with Gasteiger partial charge in [0.25, 0.3) is 0 Å². The van der Waals surface area contributed by atoms with Crippen molar-refractivity contribution in [2.24, 2.45) is 0 Å². The summed E-state index contributed by atoms with van der Waals surface area (Å²) in [7, 11) is 1.67. The molecule has 8 nitrogen and oxygen atoms in total. The SMILES string of the molecule is COc1ccc(N2CCN(C(CNC(=O)Oc3ccccc3)c3ccc4c(c3)OCO4)CC2)cc1. The second-order valence-electron chi connectivity index (χ2n) is 8.43. The number of amides is 1. The summed E-state index contributed by atoms with van der Waals surface area (Å²) in [4.78, 5) is 17.2. The highest BCUT2D eigenvalue weighted by atomic mass is 16.7. The number of carbonyl (C=O) groups is 1. The summed E-state index contributed by atoms with van der Waals surface area (Å²) < 4.78 is 21.8. The number of para-hydroxylation sites is 1. The van der Waals surface area contributed by atoms with Gasteiger partial charge in [0.15, 0.2) is 11.5 Å². The molecule has 1 fully saturated rings. The van der Waals surface area contributed by atoms with E-state index in [4.69, 9.17) is 18.9 Å². The van der Waals surface area contributed by atoms with Gasteiger partial charge < -0.3 is 29.2 Å². The third-order valence-corrected chi connectivity index (χ3v) is 6.37. The number of rotatable bonds is 7. The van der Waals surface area contributed by atoms with Gasteiger partial charge in [-0.3, -0.25) is 4.90 Å². The van der Waals surface area contributed by atoms with Crippen LogP contribution in [-0.2, 0) is 0 Å². The van der Waals surface area contributed by atoms with Crippen LogP contribution >= 0.6 is 0 Å². The predicted octanol–water partition coefficient (Wildman–Crippen LogP) is 4.08. The summed E-state index contributed by atoms with van der Waals surface area (Å²) in [5, 5.41) is 2.95. The highest BCUT2D eigenvalue weighted by Gasteiger charge is 2.27. The fourth-order valence-electron chi connectivity index (χ4n) is 4.47. The third-order valence-electron chi connectivity index (χ3n) is 6.37. The maximum Gasteiger partial charge on any atom is 0.412 e. The number of nitrogens with zero attached hydrogens (tertiary/aromatic N) is 2. The lowest BCUT2D eigenvalue weighted by Crippen LogP contribution is -2.50. The van der Waals surface area contributed by atoms with Gasteiger partial charge in [0.05, 0.1) is 13.2 Å². The van der Waals surface area contributed by atoms with Crippen LogP contribution in [0.5, 0.6) is 23.0 Å². The van der Waals surface area contributed by atoms with Gasteiger partial charge >= 0.3 is 6.09 Å². The highest BCUT2D eigenvalue weighted by molar-refractivity contribution is 5.70. The molecule has 0 radical (unpaired) electrons.